The van der Waals surface area contributed by atoms with Crippen molar-refractivity contribution in [1.82, 2.24) is 15.2 Å². The lowest BCUT2D eigenvalue weighted by Gasteiger charge is -2.08. The molecule has 29 heavy (non-hydrogen) atoms. The first-order valence-corrected chi connectivity index (χ1v) is 9.14. The second kappa shape index (κ2) is 8.02. The number of carbonyl (C=O) groups is 1. The Morgan fingerprint density at radius 2 is 1.93 bits per heavy atom. The number of pyridine rings is 1. The number of H-pyrrole nitrogens is 1. The Bertz CT molecular complexity index is 1130. The number of aryl methyl sites for hydroxylation is 2. The van der Waals surface area contributed by atoms with Gasteiger partial charge in [-0.1, -0.05) is 12.1 Å². The molecule has 0 aliphatic carbocycles. The largest absolute Gasteiger partial charge is 0.485 e. The zero-order valence-corrected chi connectivity index (χ0v) is 16.1. The summed E-state index contributed by atoms with van der Waals surface area (Å²) in [7, 11) is 0. The summed E-state index contributed by atoms with van der Waals surface area (Å²) in [6.45, 7) is 4.24. The van der Waals surface area contributed by atoms with Crippen LogP contribution in [0, 0.1) is 13.8 Å². The second-order valence-electron chi connectivity index (χ2n) is 6.68. The van der Waals surface area contributed by atoms with Crippen molar-refractivity contribution in [3.05, 3.63) is 83.6 Å². The third-order valence-corrected chi connectivity index (χ3v) is 4.41. The van der Waals surface area contributed by atoms with Gasteiger partial charge in [-0.05, 0) is 55.3 Å². The highest BCUT2D eigenvalue weighted by atomic mass is 16.5. The van der Waals surface area contributed by atoms with E-state index < -0.39 is 0 Å². The standard InChI is InChI=1S/C22H20N4O3/c1-14-3-4-15(2)20(11-14)28-13-17-5-6-19(29-17)22(27)24-21-12-18(25-26-21)16-7-9-23-10-8-16/h3-12H,13H2,1-2H3,(H2,24,25,26,27). The molecule has 3 heterocycles. The van der Waals surface area contributed by atoms with E-state index in [-0.39, 0.29) is 18.3 Å². The van der Waals surface area contributed by atoms with E-state index in [1.807, 2.05) is 44.2 Å². The number of nitrogens with one attached hydrogen (secondary N) is 2. The van der Waals surface area contributed by atoms with E-state index in [1.54, 1.807) is 30.6 Å². The van der Waals surface area contributed by atoms with Crippen molar-refractivity contribution in [2.24, 2.45) is 0 Å². The van der Waals surface area contributed by atoms with Crippen molar-refractivity contribution in [3.63, 3.8) is 0 Å². The molecule has 2 N–H and O–H groups in total. The van der Waals surface area contributed by atoms with Crippen LogP contribution >= 0.6 is 0 Å². The molecule has 0 aliphatic heterocycles. The number of carbonyl (C=O) groups excluding carboxylic acids is 1. The van der Waals surface area contributed by atoms with Crippen LogP contribution in [0.25, 0.3) is 11.3 Å². The highest BCUT2D eigenvalue weighted by molar-refractivity contribution is 6.01. The molecule has 4 aromatic rings. The van der Waals surface area contributed by atoms with E-state index >= 15 is 0 Å². The van der Waals surface area contributed by atoms with Crippen molar-refractivity contribution in [3.8, 4) is 17.0 Å². The van der Waals surface area contributed by atoms with Gasteiger partial charge in [-0.15, -0.1) is 0 Å². The van der Waals surface area contributed by atoms with Crippen LogP contribution in [0.1, 0.15) is 27.4 Å². The molecule has 1 amide bonds. The molecule has 7 heteroatoms. The second-order valence-corrected chi connectivity index (χ2v) is 6.68. The third-order valence-electron chi connectivity index (χ3n) is 4.41. The van der Waals surface area contributed by atoms with Crippen molar-refractivity contribution < 1.29 is 13.9 Å². The summed E-state index contributed by atoms with van der Waals surface area (Å²) in [6.07, 6.45) is 3.39. The third kappa shape index (κ3) is 4.35. The van der Waals surface area contributed by atoms with Crippen LogP contribution < -0.4 is 10.1 Å². The number of aromatic amines is 1. The highest BCUT2D eigenvalue weighted by Crippen LogP contribution is 2.22. The minimum absolute atomic E-state index is 0.193. The van der Waals surface area contributed by atoms with Gasteiger partial charge in [0, 0.05) is 24.0 Å². The summed E-state index contributed by atoms with van der Waals surface area (Å²) in [5.41, 5.74) is 3.88. The molecule has 0 bridgehead atoms. The summed E-state index contributed by atoms with van der Waals surface area (Å²) < 4.78 is 11.4. The molecular weight excluding hydrogens is 368 g/mol. The van der Waals surface area contributed by atoms with Gasteiger partial charge in [0.1, 0.15) is 18.1 Å². The van der Waals surface area contributed by atoms with Gasteiger partial charge in [0.25, 0.3) is 5.91 Å². The Morgan fingerprint density at radius 3 is 2.76 bits per heavy atom. The first kappa shape index (κ1) is 18.5. The average Bonchev–Trinajstić information content (AvgIpc) is 3.39. The van der Waals surface area contributed by atoms with Crippen LogP contribution in [-0.2, 0) is 6.61 Å². The van der Waals surface area contributed by atoms with E-state index in [9.17, 15) is 4.79 Å². The summed E-state index contributed by atoms with van der Waals surface area (Å²) in [6, 6.07) is 14.8. The van der Waals surface area contributed by atoms with Crippen LogP contribution in [0.3, 0.4) is 0 Å². The number of hydrogen-bond acceptors (Lipinski definition) is 5. The fourth-order valence-corrected chi connectivity index (χ4v) is 2.83. The van der Waals surface area contributed by atoms with E-state index in [4.69, 9.17) is 9.15 Å². The van der Waals surface area contributed by atoms with Crippen molar-refractivity contribution in [2.45, 2.75) is 20.5 Å². The van der Waals surface area contributed by atoms with Crippen LogP contribution in [0.5, 0.6) is 5.75 Å². The van der Waals surface area contributed by atoms with E-state index in [2.05, 4.69) is 20.5 Å². The highest BCUT2D eigenvalue weighted by Gasteiger charge is 2.14. The number of amides is 1. The van der Waals surface area contributed by atoms with Crippen molar-refractivity contribution >= 4 is 11.7 Å². The zero-order valence-electron chi connectivity index (χ0n) is 16.1. The molecule has 0 unspecified atom stereocenters. The van der Waals surface area contributed by atoms with Gasteiger partial charge < -0.3 is 14.5 Å². The molecule has 3 aromatic heterocycles. The van der Waals surface area contributed by atoms with Crippen LogP contribution in [-0.4, -0.2) is 21.1 Å². The number of aromatic nitrogens is 3. The maximum Gasteiger partial charge on any atom is 0.292 e. The van der Waals surface area contributed by atoms with Crippen LogP contribution in [0.4, 0.5) is 5.82 Å². The predicted molar refractivity (Wildman–Crippen MR) is 109 cm³/mol. The Balaban J connectivity index is 1.38. The Kier molecular flexibility index (Phi) is 5.11. The van der Waals surface area contributed by atoms with Gasteiger partial charge in [0.15, 0.2) is 11.6 Å². The molecule has 1 aromatic carbocycles. The van der Waals surface area contributed by atoms with Gasteiger partial charge in [-0.3, -0.25) is 14.9 Å². The van der Waals surface area contributed by atoms with Gasteiger partial charge in [0.05, 0.1) is 5.69 Å². The van der Waals surface area contributed by atoms with Gasteiger partial charge in [0.2, 0.25) is 0 Å². The fourth-order valence-electron chi connectivity index (χ4n) is 2.83. The smallest absolute Gasteiger partial charge is 0.292 e. The number of hydrogen-bond donors (Lipinski definition) is 2. The van der Waals surface area contributed by atoms with Gasteiger partial charge in [-0.25, -0.2) is 0 Å². The molecule has 7 nitrogen and oxygen atoms in total. The lowest BCUT2D eigenvalue weighted by Crippen LogP contribution is -2.11. The molecule has 0 fully saturated rings. The summed E-state index contributed by atoms with van der Waals surface area (Å²) in [5.74, 6) is 1.59. The first-order valence-electron chi connectivity index (χ1n) is 9.14. The molecule has 0 atom stereocenters. The molecule has 0 aliphatic rings. The monoisotopic (exact) mass is 388 g/mol. The topological polar surface area (TPSA) is 93.0 Å². The number of rotatable bonds is 6. The lowest BCUT2D eigenvalue weighted by atomic mass is 10.1. The Labute approximate surface area is 167 Å². The minimum atomic E-state index is -0.379. The number of anilines is 1. The maximum absolute atomic E-state index is 12.4. The summed E-state index contributed by atoms with van der Waals surface area (Å²) in [5, 5.41) is 9.72. The van der Waals surface area contributed by atoms with Crippen LogP contribution in [0.2, 0.25) is 0 Å². The molecule has 0 saturated heterocycles. The Morgan fingerprint density at radius 1 is 1.10 bits per heavy atom. The van der Waals surface area contributed by atoms with Crippen molar-refractivity contribution in [2.75, 3.05) is 5.32 Å². The van der Waals surface area contributed by atoms with E-state index in [1.165, 1.54) is 0 Å². The van der Waals surface area contributed by atoms with Gasteiger partial charge in [-0.2, -0.15) is 5.10 Å². The average molecular weight is 388 g/mol. The number of nitrogens with zero attached hydrogens (tertiary/aromatic N) is 2. The van der Waals surface area contributed by atoms with E-state index in [0.29, 0.717) is 11.6 Å². The summed E-state index contributed by atoms with van der Waals surface area (Å²) >= 11 is 0. The van der Waals surface area contributed by atoms with E-state index in [0.717, 1.165) is 28.1 Å². The molecule has 146 valence electrons. The molecule has 0 saturated carbocycles. The molecule has 0 spiro atoms. The Hall–Kier alpha value is -3.87. The van der Waals surface area contributed by atoms with Gasteiger partial charge >= 0.3 is 0 Å². The molecule has 0 radical (unpaired) electrons. The predicted octanol–water partition coefficient (Wildman–Crippen LogP) is 4.51. The number of furan rings is 1. The van der Waals surface area contributed by atoms with Crippen LogP contribution in [0.15, 0.2) is 65.3 Å². The fraction of sp³-hybridized carbons (Fsp3) is 0.136. The quantitative estimate of drug-likeness (QED) is 0.507. The maximum atomic E-state index is 12.4. The number of benzene rings is 1. The normalized spacial score (nSPS) is 10.7. The molecule has 4 rings (SSSR count). The first-order chi connectivity index (χ1) is 14.1. The SMILES string of the molecule is Cc1ccc(C)c(OCc2ccc(C(=O)Nc3cc(-c4ccncc4)[nH]n3)o2)c1. The zero-order chi connectivity index (χ0) is 20.2. The molecular formula is C22H20N4O3. The summed E-state index contributed by atoms with van der Waals surface area (Å²) in [4.78, 5) is 16.4. The number of ether oxygens (including phenoxy) is 1. The minimum Gasteiger partial charge on any atom is -0.485 e. The lowest BCUT2D eigenvalue weighted by molar-refractivity contribution is 0.0992. The van der Waals surface area contributed by atoms with Crippen molar-refractivity contribution in [1.29, 1.82) is 0 Å².